The maximum Gasteiger partial charge on any atom is 0.323 e. The molecule has 0 aliphatic carbocycles. The molecule has 0 saturated carbocycles. The molecule has 110 valence electrons. The molecule has 0 spiro atoms. The molecule has 1 saturated heterocycles. The standard InChI is InChI=1S/C13H24N2O3S/c1-5-10-8-14(6-7-19-10)12(18)15(9-11(16)17)13(2,3)4/h10H,5-9H2,1-4H3,(H,16,17). The second kappa shape index (κ2) is 6.50. The van der Waals surface area contributed by atoms with Crippen molar-refractivity contribution in [2.24, 2.45) is 0 Å². The van der Waals surface area contributed by atoms with E-state index in [1.807, 2.05) is 32.5 Å². The molecule has 1 aliphatic heterocycles. The molecule has 0 aromatic rings. The second-order valence-corrected chi connectivity index (χ2v) is 7.19. The predicted octanol–water partition coefficient (Wildman–Crippen LogP) is 2.12. The van der Waals surface area contributed by atoms with Crippen LogP contribution in [0.4, 0.5) is 4.79 Å². The van der Waals surface area contributed by atoms with E-state index in [9.17, 15) is 9.59 Å². The number of amides is 2. The minimum absolute atomic E-state index is 0.159. The van der Waals surface area contributed by atoms with Crippen LogP contribution >= 0.6 is 11.8 Å². The summed E-state index contributed by atoms with van der Waals surface area (Å²) in [6.07, 6.45) is 1.03. The van der Waals surface area contributed by atoms with Gasteiger partial charge in [0.1, 0.15) is 6.54 Å². The number of carboxylic acids is 1. The van der Waals surface area contributed by atoms with E-state index in [0.29, 0.717) is 18.3 Å². The van der Waals surface area contributed by atoms with E-state index >= 15 is 0 Å². The summed E-state index contributed by atoms with van der Waals surface area (Å²) in [7, 11) is 0. The Hall–Kier alpha value is -0.910. The summed E-state index contributed by atoms with van der Waals surface area (Å²) in [6.45, 7) is 8.88. The lowest BCUT2D eigenvalue weighted by Gasteiger charge is -2.40. The zero-order chi connectivity index (χ0) is 14.6. The van der Waals surface area contributed by atoms with E-state index in [1.165, 1.54) is 4.90 Å². The minimum atomic E-state index is -0.971. The molecule has 6 heteroatoms. The average molecular weight is 288 g/mol. The lowest BCUT2D eigenvalue weighted by atomic mass is 10.1. The molecule has 5 nitrogen and oxygen atoms in total. The lowest BCUT2D eigenvalue weighted by Crippen LogP contribution is -2.56. The van der Waals surface area contributed by atoms with Crippen LogP contribution in [-0.2, 0) is 4.79 Å². The maximum atomic E-state index is 12.5. The van der Waals surface area contributed by atoms with Crippen LogP contribution in [0.2, 0.25) is 0 Å². The summed E-state index contributed by atoms with van der Waals surface area (Å²) in [5, 5.41) is 9.44. The van der Waals surface area contributed by atoms with Gasteiger partial charge in [0.2, 0.25) is 0 Å². The molecule has 2 amide bonds. The Kier molecular flexibility index (Phi) is 5.52. The number of hydrogen-bond acceptors (Lipinski definition) is 3. The predicted molar refractivity (Wildman–Crippen MR) is 77.6 cm³/mol. The highest BCUT2D eigenvalue weighted by Crippen LogP contribution is 2.24. The van der Waals surface area contributed by atoms with Crippen molar-refractivity contribution in [2.45, 2.75) is 44.9 Å². The number of carbonyl (C=O) groups is 2. The van der Waals surface area contributed by atoms with Crippen LogP contribution < -0.4 is 0 Å². The third-order valence-corrected chi connectivity index (χ3v) is 4.57. The normalized spacial score (nSPS) is 20.2. The molecule has 1 heterocycles. The van der Waals surface area contributed by atoms with Gasteiger partial charge in [0, 0.05) is 29.6 Å². The van der Waals surface area contributed by atoms with Gasteiger partial charge < -0.3 is 14.9 Å². The Morgan fingerprint density at radius 2 is 2.05 bits per heavy atom. The molecule has 0 bridgehead atoms. The molecular formula is C13H24N2O3S. The smallest absolute Gasteiger partial charge is 0.323 e. The highest BCUT2D eigenvalue weighted by molar-refractivity contribution is 8.00. The van der Waals surface area contributed by atoms with Crippen molar-refractivity contribution in [3.63, 3.8) is 0 Å². The van der Waals surface area contributed by atoms with E-state index in [2.05, 4.69) is 6.92 Å². The topological polar surface area (TPSA) is 60.9 Å². The van der Waals surface area contributed by atoms with Gasteiger partial charge in [-0.1, -0.05) is 6.92 Å². The van der Waals surface area contributed by atoms with Crippen LogP contribution in [0.15, 0.2) is 0 Å². The van der Waals surface area contributed by atoms with Gasteiger partial charge >= 0.3 is 12.0 Å². The first-order valence-corrected chi connectivity index (χ1v) is 7.70. The van der Waals surface area contributed by atoms with Gasteiger partial charge in [0.15, 0.2) is 0 Å². The Bertz CT molecular complexity index is 341. The van der Waals surface area contributed by atoms with Crippen molar-refractivity contribution in [1.82, 2.24) is 9.80 Å². The fourth-order valence-electron chi connectivity index (χ4n) is 2.04. The van der Waals surface area contributed by atoms with Crippen molar-refractivity contribution in [3.8, 4) is 0 Å². The summed E-state index contributed by atoms with van der Waals surface area (Å²) in [5.74, 6) is -0.0448. The van der Waals surface area contributed by atoms with Crippen LogP contribution in [0.1, 0.15) is 34.1 Å². The van der Waals surface area contributed by atoms with Gasteiger partial charge in [0.05, 0.1) is 0 Å². The van der Waals surface area contributed by atoms with Crippen molar-refractivity contribution >= 4 is 23.8 Å². The number of carboxylic acid groups (broad SMARTS) is 1. The number of urea groups is 1. The van der Waals surface area contributed by atoms with Crippen molar-refractivity contribution < 1.29 is 14.7 Å². The zero-order valence-corrected chi connectivity index (χ0v) is 13.0. The Morgan fingerprint density at radius 1 is 1.42 bits per heavy atom. The molecule has 0 aromatic carbocycles. The molecule has 1 atom stereocenters. The molecule has 19 heavy (non-hydrogen) atoms. The Balaban J connectivity index is 2.78. The molecule has 1 fully saturated rings. The Labute approximate surface area is 119 Å². The van der Waals surface area contributed by atoms with Gasteiger partial charge in [-0.2, -0.15) is 11.8 Å². The minimum Gasteiger partial charge on any atom is -0.480 e. The van der Waals surface area contributed by atoms with Crippen molar-refractivity contribution in [3.05, 3.63) is 0 Å². The number of carbonyl (C=O) groups excluding carboxylic acids is 1. The second-order valence-electron chi connectivity index (χ2n) is 5.78. The molecule has 0 radical (unpaired) electrons. The van der Waals surface area contributed by atoms with Crippen LogP contribution in [-0.4, -0.2) is 63.1 Å². The first kappa shape index (κ1) is 16.1. The molecule has 1 N–H and O–H groups in total. The summed E-state index contributed by atoms with van der Waals surface area (Å²) < 4.78 is 0. The van der Waals surface area contributed by atoms with Gasteiger partial charge in [-0.3, -0.25) is 4.79 Å². The fraction of sp³-hybridized carbons (Fsp3) is 0.846. The molecule has 1 rings (SSSR count). The van der Waals surface area contributed by atoms with Crippen LogP contribution in [0, 0.1) is 0 Å². The van der Waals surface area contributed by atoms with Gasteiger partial charge in [-0.25, -0.2) is 4.79 Å². The average Bonchev–Trinajstić information content (AvgIpc) is 2.33. The van der Waals surface area contributed by atoms with Crippen molar-refractivity contribution in [2.75, 3.05) is 25.4 Å². The first-order valence-electron chi connectivity index (χ1n) is 6.65. The summed E-state index contributed by atoms with van der Waals surface area (Å²) in [6, 6.07) is -0.159. The third-order valence-electron chi connectivity index (χ3n) is 3.20. The van der Waals surface area contributed by atoms with Crippen LogP contribution in [0.3, 0.4) is 0 Å². The quantitative estimate of drug-likeness (QED) is 0.864. The first-order chi connectivity index (χ1) is 8.75. The highest BCUT2D eigenvalue weighted by Gasteiger charge is 2.33. The number of nitrogens with zero attached hydrogens (tertiary/aromatic N) is 2. The zero-order valence-electron chi connectivity index (χ0n) is 12.2. The van der Waals surface area contributed by atoms with Gasteiger partial charge in [-0.05, 0) is 27.2 Å². The largest absolute Gasteiger partial charge is 0.480 e. The van der Waals surface area contributed by atoms with Crippen LogP contribution in [0.25, 0.3) is 0 Å². The fourth-order valence-corrected chi connectivity index (χ4v) is 3.22. The van der Waals surface area contributed by atoms with E-state index in [4.69, 9.17) is 5.11 Å². The number of hydrogen-bond donors (Lipinski definition) is 1. The number of rotatable bonds is 3. The van der Waals surface area contributed by atoms with Crippen LogP contribution in [0.5, 0.6) is 0 Å². The SMILES string of the molecule is CCC1CN(C(=O)N(CC(=O)O)C(C)(C)C)CCS1. The monoisotopic (exact) mass is 288 g/mol. The van der Waals surface area contributed by atoms with E-state index in [1.54, 1.807) is 4.90 Å². The molecular weight excluding hydrogens is 264 g/mol. The maximum absolute atomic E-state index is 12.5. The van der Waals surface area contributed by atoms with E-state index in [-0.39, 0.29) is 12.6 Å². The van der Waals surface area contributed by atoms with E-state index in [0.717, 1.165) is 12.2 Å². The third kappa shape index (κ3) is 4.60. The summed E-state index contributed by atoms with van der Waals surface area (Å²) in [5.41, 5.74) is -0.484. The molecule has 1 aliphatic rings. The lowest BCUT2D eigenvalue weighted by molar-refractivity contribution is -0.138. The van der Waals surface area contributed by atoms with Crippen molar-refractivity contribution in [1.29, 1.82) is 0 Å². The highest BCUT2D eigenvalue weighted by atomic mass is 32.2. The molecule has 1 unspecified atom stereocenters. The molecule has 0 aromatic heterocycles. The van der Waals surface area contributed by atoms with E-state index < -0.39 is 11.5 Å². The van der Waals surface area contributed by atoms with Gasteiger partial charge in [-0.15, -0.1) is 0 Å². The van der Waals surface area contributed by atoms with Gasteiger partial charge in [0.25, 0.3) is 0 Å². The summed E-state index contributed by atoms with van der Waals surface area (Å²) in [4.78, 5) is 26.7. The number of aliphatic carboxylic acids is 1. The Morgan fingerprint density at radius 3 is 2.53 bits per heavy atom. The number of thioether (sulfide) groups is 1. The summed E-state index contributed by atoms with van der Waals surface area (Å²) >= 11 is 1.89.